The highest BCUT2D eigenvalue weighted by atomic mass is 35.5. The van der Waals surface area contributed by atoms with Crippen LogP contribution in [-0.2, 0) is 22.8 Å². The Balaban J connectivity index is 0.00000312. The molecule has 25 heavy (non-hydrogen) atoms. The van der Waals surface area contributed by atoms with Crippen LogP contribution in [0.1, 0.15) is 22.5 Å². The van der Waals surface area contributed by atoms with Crippen LogP contribution in [-0.4, -0.2) is 31.0 Å². The van der Waals surface area contributed by atoms with E-state index in [0.717, 1.165) is 22.5 Å². The SMILES string of the molecule is Cc1nn(C/C(F)=C/CN)c(C)c1Cc1ccc(S(C)(=O)=O)cc1.Cl. The fourth-order valence-electron chi connectivity index (χ4n) is 2.54. The maximum atomic E-state index is 13.7. The highest BCUT2D eigenvalue weighted by Crippen LogP contribution is 2.20. The summed E-state index contributed by atoms with van der Waals surface area (Å²) in [6.45, 7) is 4.01. The molecule has 0 atom stereocenters. The first-order chi connectivity index (χ1) is 11.2. The van der Waals surface area contributed by atoms with Crippen molar-refractivity contribution in [2.24, 2.45) is 5.73 Å². The molecule has 8 heteroatoms. The van der Waals surface area contributed by atoms with Crippen LogP contribution in [0.15, 0.2) is 41.1 Å². The molecule has 1 aromatic carbocycles. The van der Waals surface area contributed by atoms with E-state index in [1.807, 2.05) is 13.8 Å². The van der Waals surface area contributed by atoms with E-state index in [4.69, 9.17) is 5.73 Å². The summed E-state index contributed by atoms with van der Waals surface area (Å²) in [4.78, 5) is 0.296. The Morgan fingerprint density at radius 3 is 2.40 bits per heavy atom. The zero-order chi connectivity index (χ0) is 17.9. The van der Waals surface area contributed by atoms with Gasteiger partial charge in [0, 0.05) is 30.5 Å². The van der Waals surface area contributed by atoms with Gasteiger partial charge in [-0.1, -0.05) is 12.1 Å². The van der Waals surface area contributed by atoms with Gasteiger partial charge in [-0.15, -0.1) is 12.4 Å². The average molecular weight is 388 g/mol. The first-order valence-electron chi connectivity index (χ1n) is 7.59. The number of benzene rings is 1. The van der Waals surface area contributed by atoms with E-state index in [-0.39, 0.29) is 31.3 Å². The lowest BCUT2D eigenvalue weighted by molar-refractivity contribution is 0.517. The predicted molar refractivity (Wildman–Crippen MR) is 99.6 cm³/mol. The van der Waals surface area contributed by atoms with E-state index in [0.29, 0.717) is 11.3 Å². The molecule has 0 bridgehead atoms. The second kappa shape index (κ2) is 8.60. The molecule has 0 aliphatic carbocycles. The molecule has 0 aliphatic rings. The van der Waals surface area contributed by atoms with Crippen molar-refractivity contribution in [1.82, 2.24) is 9.78 Å². The molecule has 2 N–H and O–H groups in total. The van der Waals surface area contributed by atoms with Crippen LogP contribution in [0.25, 0.3) is 0 Å². The number of rotatable bonds is 6. The average Bonchev–Trinajstić information content (AvgIpc) is 2.75. The minimum atomic E-state index is -3.20. The second-order valence-corrected chi connectivity index (χ2v) is 7.80. The third kappa shape index (κ3) is 5.39. The van der Waals surface area contributed by atoms with Gasteiger partial charge >= 0.3 is 0 Å². The van der Waals surface area contributed by atoms with Gasteiger partial charge in [-0.3, -0.25) is 4.68 Å². The molecular weight excluding hydrogens is 365 g/mol. The summed E-state index contributed by atoms with van der Waals surface area (Å²) >= 11 is 0. The molecule has 0 spiro atoms. The molecule has 0 fully saturated rings. The Hall–Kier alpha value is -1.70. The molecule has 0 aliphatic heterocycles. The summed E-state index contributed by atoms with van der Waals surface area (Å²) in [5, 5.41) is 4.38. The van der Waals surface area contributed by atoms with Crippen LogP contribution in [0, 0.1) is 13.8 Å². The van der Waals surface area contributed by atoms with Gasteiger partial charge in [-0.25, -0.2) is 12.8 Å². The Bertz CT molecular complexity index is 859. The number of hydrogen-bond donors (Lipinski definition) is 1. The van der Waals surface area contributed by atoms with Gasteiger partial charge < -0.3 is 5.73 Å². The number of nitrogens with zero attached hydrogens (tertiary/aromatic N) is 2. The topological polar surface area (TPSA) is 78.0 Å². The maximum Gasteiger partial charge on any atom is 0.175 e. The summed E-state index contributed by atoms with van der Waals surface area (Å²) in [7, 11) is -3.20. The fraction of sp³-hybridized carbons (Fsp3) is 0.353. The third-order valence-electron chi connectivity index (χ3n) is 3.90. The minimum absolute atomic E-state index is 0. The van der Waals surface area contributed by atoms with E-state index < -0.39 is 9.84 Å². The van der Waals surface area contributed by atoms with Crippen LogP contribution in [0.5, 0.6) is 0 Å². The first kappa shape index (κ1) is 21.3. The molecule has 1 aromatic heterocycles. The number of allylic oxidation sites excluding steroid dienone is 1. The zero-order valence-corrected chi connectivity index (χ0v) is 16.1. The lowest BCUT2D eigenvalue weighted by atomic mass is 10.0. The molecule has 5 nitrogen and oxygen atoms in total. The van der Waals surface area contributed by atoms with Crippen molar-refractivity contribution in [3.8, 4) is 0 Å². The Kier molecular flexibility index (Phi) is 7.34. The van der Waals surface area contributed by atoms with Crippen LogP contribution in [0.3, 0.4) is 0 Å². The second-order valence-electron chi connectivity index (χ2n) is 5.79. The quantitative estimate of drug-likeness (QED) is 0.826. The highest BCUT2D eigenvalue weighted by Gasteiger charge is 2.14. The zero-order valence-electron chi connectivity index (χ0n) is 14.5. The number of aryl methyl sites for hydroxylation is 1. The Morgan fingerprint density at radius 2 is 1.88 bits per heavy atom. The van der Waals surface area contributed by atoms with Crippen molar-refractivity contribution < 1.29 is 12.8 Å². The highest BCUT2D eigenvalue weighted by molar-refractivity contribution is 7.90. The lowest BCUT2D eigenvalue weighted by Crippen LogP contribution is -2.05. The monoisotopic (exact) mass is 387 g/mol. The van der Waals surface area contributed by atoms with Crippen molar-refractivity contribution >= 4 is 22.2 Å². The summed E-state index contributed by atoms with van der Waals surface area (Å²) in [6, 6.07) is 6.79. The lowest BCUT2D eigenvalue weighted by Gasteiger charge is -2.06. The normalized spacial score (nSPS) is 12.1. The standard InChI is InChI=1S/C17H22FN3O2S.ClH/c1-12-17(13(2)21(20-12)11-15(18)8-9-19)10-14-4-6-16(7-5-14)24(3,22)23;/h4-8H,9-11,19H2,1-3H3;1H/b15-8-;. The van der Waals surface area contributed by atoms with E-state index in [2.05, 4.69) is 5.10 Å². The van der Waals surface area contributed by atoms with Crippen LogP contribution in [0.4, 0.5) is 4.39 Å². The molecule has 138 valence electrons. The van der Waals surface area contributed by atoms with Crippen LogP contribution in [0.2, 0.25) is 0 Å². The largest absolute Gasteiger partial charge is 0.327 e. The number of aromatic nitrogens is 2. The summed E-state index contributed by atoms with van der Waals surface area (Å²) in [6.07, 6.45) is 3.13. The molecule has 0 unspecified atom stereocenters. The van der Waals surface area contributed by atoms with Gasteiger partial charge in [0.05, 0.1) is 17.1 Å². The smallest absolute Gasteiger partial charge is 0.175 e. The summed E-state index contributed by atoms with van der Waals surface area (Å²) in [5.74, 6) is -0.313. The Morgan fingerprint density at radius 1 is 1.28 bits per heavy atom. The van der Waals surface area contributed by atoms with Gasteiger partial charge in [-0.2, -0.15) is 5.10 Å². The molecule has 0 amide bonds. The predicted octanol–water partition coefficient (Wildman–Crippen LogP) is 2.73. The first-order valence-corrected chi connectivity index (χ1v) is 9.48. The van der Waals surface area contributed by atoms with E-state index >= 15 is 0 Å². The van der Waals surface area contributed by atoms with E-state index in [9.17, 15) is 12.8 Å². The van der Waals surface area contributed by atoms with Crippen molar-refractivity contribution in [2.45, 2.75) is 31.7 Å². The third-order valence-corrected chi connectivity index (χ3v) is 5.03. The Labute approximate surface area is 154 Å². The van der Waals surface area contributed by atoms with Gasteiger partial charge in [0.1, 0.15) is 5.83 Å². The number of hydrogen-bond acceptors (Lipinski definition) is 4. The van der Waals surface area contributed by atoms with Gasteiger partial charge in [-0.05, 0) is 37.6 Å². The van der Waals surface area contributed by atoms with Gasteiger partial charge in [0.15, 0.2) is 9.84 Å². The van der Waals surface area contributed by atoms with Gasteiger partial charge in [0.25, 0.3) is 0 Å². The van der Waals surface area contributed by atoms with E-state index in [1.54, 1.807) is 28.9 Å². The summed E-state index contributed by atoms with van der Waals surface area (Å²) < 4.78 is 38.3. The van der Waals surface area contributed by atoms with Crippen molar-refractivity contribution in [3.63, 3.8) is 0 Å². The summed E-state index contributed by atoms with van der Waals surface area (Å²) in [5.41, 5.74) is 9.03. The molecule has 2 rings (SSSR count). The molecular formula is C17H23ClFN3O2S. The van der Waals surface area contributed by atoms with Crippen LogP contribution < -0.4 is 5.73 Å². The molecule has 1 heterocycles. The van der Waals surface area contributed by atoms with Gasteiger partial charge in [0.2, 0.25) is 0 Å². The van der Waals surface area contributed by atoms with Crippen molar-refractivity contribution in [3.05, 3.63) is 58.7 Å². The number of halogens is 2. The van der Waals surface area contributed by atoms with Crippen molar-refractivity contribution in [2.75, 3.05) is 12.8 Å². The molecule has 0 saturated heterocycles. The minimum Gasteiger partial charge on any atom is -0.327 e. The maximum absolute atomic E-state index is 13.7. The van der Waals surface area contributed by atoms with Crippen molar-refractivity contribution in [1.29, 1.82) is 0 Å². The molecule has 0 saturated carbocycles. The van der Waals surface area contributed by atoms with Crippen LogP contribution >= 0.6 is 12.4 Å². The number of nitrogens with two attached hydrogens (primary N) is 1. The molecule has 0 radical (unpaired) electrons. The fourth-order valence-corrected chi connectivity index (χ4v) is 3.17. The van der Waals surface area contributed by atoms with E-state index in [1.165, 1.54) is 12.3 Å². The molecule has 2 aromatic rings. The number of sulfone groups is 1.